The Balaban J connectivity index is 1.99. The van der Waals surface area contributed by atoms with Gasteiger partial charge in [0.25, 0.3) is 0 Å². The van der Waals surface area contributed by atoms with Gasteiger partial charge in [0.05, 0.1) is 0 Å². The highest BCUT2D eigenvalue weighted by atomic mass is 14.6. The smallest absolute Gasteiger partial charge is 0.0353 e. The van der Waals surface area contributed by atoms with Crippen LogP contribution in [0, 0.1) is 27.7 Å². The summed E-state index contributed by atoms with van der Waals surface area (Å²) in [5.41, 5.74) is 10.2. The van der Waals surface area contributed by atoms with E-state index in [0.717, 1.165) is 0 Å². The maximum absolute atomic E-state index is 4.52. The Bertz CT molecular complexity index is 1220. The summed E-state index contributed by atoms with van der Waals surface area (Å²) in [7, 11) is 0. The second-order valence-electron chi connectivity index (χ2n) is 8.47. The first-order chi connectivity index (χ1) is 14.5. The molecule has 0 atom stereocenters. The molecule has 1 nitrogen and oxygen atoms in total. The first-order valence-corrected chi connectivity index (χ1v) is 10.5. The van der Waals surface area contributed by atoms with Crippen LogP contribution in [0.3, 0.4) is 0 Å². The number of aromatic nitrogens is 1. The summed E-state index contributed by atoms with van der Waals surface area (Å²) in [6, 6.07) is 24.6. The van der Waals surface area contributed by atoms with E-state index in [1.54, 1.807) is 0 Å². The molecule has 0 aliphatic carbocycles. The fourth-order valence-corrected chi connectivity index (χ4v) is 4.88. The van der Waals surface area contributed by atoms with Gasteiger partial charge < -0.3 is 0 Å². The zero-order chi connectivity index (χ0) is 20.8. The minimum Gasteiger partial charge on any atom is -0.264 e. The molecule has 30 heavy (non-hydrogen) atoms. The Labute approximate surface area is 178 Å². The average Bonchev–Trinajstić information content (AvgIpc) is 2.70. The zero-order valence-electron chi connectivity index (χ0n) is 18.0. The second kappa shape index (κ2) is 7.11. The second-order valence-corrected chi connectivity index (χ2v) is 8.47. The summed E-state index contributed by atoms with van der Waals surface area (Å²) < 4.78 is 0. The molecule has 1 aromatic heterocycles. The first-order valence-electron chi connectivity index (χ1n) is 10.5. The largest absolute Gasteiger partial charge is 0.264 e. The molecule has 0 bridgehead atoms. The number of fused-ring (bicyclic) bond motifs is 2. The Kier molecular flexibility index (Phi) is 4.40. The van der Waals surface area contributed by atoms with Crippen LogP contribution in [0.5, 0.6) is 0 Å². The molecule has 0 radical (unpaired) electrons. The molecule has 1 heterocycles. The normalized spacial score (nSPS) is 11.3. The molecule has 0 saturated heterocycles. The molecule has 0 unspecified atom stereocenters. The average molecular weight is 388 g/mol. The summed E-state index contributed by atoms with van der Waals surface area (Å²) in [4.78, 5) is 4.52. The van der Waals surface area contributed by atoms with Crippen molar-refractivity contribution in [3.8, 4) is 22.3 Å². The third kappa shape index (κ3) is 3.07. The molecule has 0 saturated carbocycles. The van der Waals surface area contributed by atoms with Crippen molar-refractivity contribution in [3.63, 3.8) is 0 Å². The van der Waals surface area contributed by atoms with Gasteiger partial charge >= 0.3 is 0 Å². The van der Waals surface area contributed by atoms with Gasteiger partial charge in [0, 0.05) is 17.8 Å². The number of rotatable bonds is 2. The van der Waals surface area contributed by atoms with Crippen LogP contribution in [0.4, 0.5) is 0 Å². The maximum atomic E-state index is 4.52. The van der Waals surface area contributed by atoms with E-state index < -0.39 is 0 Å². The lowest BCUT2D eigenvalue weighted by Gasteiger charge is -2.18. The maximum Gasteiger partial charge on any atom is 0.0353 e. The van der Waals surface area contributed by atoms with Crippen molar-refractivity contribution < 1.29 is 0 Å². The van der Waals surface area contributed by atoms with E-state index in [1.807, 2.05) is 12.4 Å². The van der Waals surface area contributed by atoms with Crippen molar-refractivity contribution in [1.29, 1.82) is 0 Å². The van der Waals surface area contributed by atoms with Gasteiger partial charge in [0.15, 0.2) is 0 Å². The molecule has 0 spiro atoms. The fraction of sp³-hybridized carbons (Fsp3) is 0.138. The highest BCUT2D eigenvalue weighted by molar-refractivity contribution is 6.21. The number of hydrogen-bond acceptors (Lipinski definition) is 1. The highest BCUT2D eigenvalue weighted by Crippen LogP contribution is 2.43. The SMILES string of the molecule is Cc1cc(C)cc(-c2c3ccccc3c(-c3cc(C)cc(C)c3)c3cnccc23)c1. The number of pyridine rings is 1. The molecule has 146 valence electrons. The Morgan fingerprint density at radius 1 is 0.500 bits per heavy atom. The van der Waals surface area contributed by atoms with Crippen molar-refractivity contribution in [2.24, 2.45) is 0 Å². The molecule has 0 N–H and O–H groups in total. The molecule has 0 aliphatic rings. The summed E-state index contributed by atoms with van der Waals surface area (Å²) in [5.74, 6) is 0. The van der Waals surface area contributed by atoms with Crippen LogP contribution in [-0.4, -0.2) is 4.98 Å². The summed E-state index contributed by atoms with van der Waals surface area (Å²) in [5, 5.41) is 5.02. The third-order valence-electron chi connectivity index (χ3n) is 5.85. The van der Waals surface area contributed by atoms with E-state index in [-0.39, 0.29) is 0 Å². The van der Waals surface area contributed by atoms with E-state index in [0.29, 0.717) is 0 Å². The predicted molar refractivity (Wildman–Crippen MR) is 129 cm³/mol. The van der Waals surface area contributed by atoms with Gasteiger partial charge in [0.1, 0.15) is 0 Å². The predicted octanol–water partition coefficient (Wildman–Crippen LogP) is 7.96. The number of benzene rings is 4. The first kappa shape index (κ1) is 18.6. The van der Waals surface area contributed by atoms with Crippen molar-refractivity contribution in [1.82, 2.24) is 4.98 Å². The fourth-order valence-electron chi connectivity index (χ4n) is 4.88. The van der Waals surface area contributed by atoms with Crippen LogP contribution in [0.1, 0.15) is 22.3 Å². The molecular formula is C29H25N. The van der Waals surface area contributed by atoms with Crippen LogP contribution >= 0.6 is 0 Å². The van der Waals surface area contributed by atoms with Crippen LogP contribution in [0.15, 0.2) is 79.1 Å². The lowest BCUT2D eigenvalue weighted by atomic mass is 9.85. The highest BCUT2D eigenvalue weighted by Gasteiger charge is 2.17. The van der Waals surface area contributed by atoms with E-state index >= 15 is 0 Å². The van der Waals surface area contributed by atoms with E-state index in [2.05, 4.69) is 99.4 Å². The van der Waals surface area contributed by atoms with Gasteiger partial charge in [-0.05, 0) is 72.2 Å². The molecule has 1 heteroatoms. The number of hydrogen-bond donors (Lipinski definition) is 0. The van der Waals surface area contributed by atoms with Crippen molar-refractivity contribution in [3.05, 3.63) is 101 Å². The topological polar surface area (TPSA) is 12.9 Å². The van der Waals surface area contributed by atoms with E-state index in [4.69, 9.17) is 0 Å². The summed E-state index contributed by atoms with van der Waals surface area (Å²) in [6.07, 6.45) is 3.94. The third-order valence-corrected chi connectivity index (χ3v) is 5.85. The van der Waals surface area contributed by atoms with Gasteiger partial charge in [-0.2, -0.15) is 0 Å². The Hall–Kier alpha value is -3.45. The van der Waals surface area contributed by atoms with Gasteiger partial charge in [0.2, 0.25) is 0 Å². The van der Waals surface area contributed by atoms with Crippen LogP contribution < -0.4 is 0 Å². The van der Waals surface area contributed by atoms with Crippen LogP contribution in [-0.2, 0) is 0 Å². The monoisotopic (exact) mass is 387 g/mol. The molecule has 0 aliphatic heterocycles. The minimum absolute atomic E-state index is 1.20. The Morgan fingerprint density at radius 3 is 1.43 bits per heavy atom. The van der Waals surface area contributed by atoms with E-state index in [9.17, 15) is 0 Å². The number of aryl methyl sites for hydroxylation is 4. The van der Waals surface area contributed by atoms with Crippen molar-refractivity contribution in [2.45, 2.75) is 27.7 Å². The van der Waals surface area contributed by atoms with Crippen LogP contribution in [0.2, 0.25) is 0 Å². The zero-order valence-corrected chi connectivity index (χ0v) is 18.0. The molecule has 0 amide bonds. The lowest BCUT2D eigenvalue weighted by molar-refractivity contribution is 1.36. The van der Waals surface area contributed by atoms with Crippen molar-refractivity contribution in [2.75, 3.05) is 0 Å². The van der Waals surface area contributed by atoms with Gasteiger partial charge in [-0.15, -0.1) is 0 Å². The van der Waals surface area contributed by atoms with Gasteiger partial charge in [-0.25, -0.2) is 0 Å². The quantitative estimate of drug-likeness (QED) is 0.280. The Morgan fingerprint density at radius 2 is 0.933 bits per heavy atom. The number of nitrogens with zero attached hydrogens (tertiary/aromatic N) is 1. The molecule has 4 aromatic carbocycles. The summed E-state index contributed by atoms with van der Waals surface area (Å²) >= 11 is 0. The molecule has 5 rings (SSSR count). The van der Waals surface area contributed by atoms with Gasteiger partial charge in [-0.1, -0.05) is 82.9 Å². The van der Waals surface area contributed by atoms with Crippen LogP contribution in [0.25, 0.3) is 43.8 Å². The summed E-state index contributed by atoms with van der Waals surface area (Å²) in [6.45, 7) is 8.69. The molecule has 0 fully saturated rings. The van der Waals surface area contributed by atoms with E-state index in [1.165, 1.54) is 66.1 Å². The standard InChI is InChI=1S/C29H25N/c1-18-11-19(2)14-22(13-18)28-24-7-5-6-8-25(24)29(27-17-30-10-9-26(27)28)23-15-20(3)12-21(4)16-23/h5-17H,1-4H3. The molecular weight excluding hydrogens is 362 g/mol. The minimum atomic E-state index is 1.20. The van der Waals surface area contributed by atoms with Gasteiger partial charge in [-0.3, -0.25) is 4.98 Å². The van der Waals surface area contributed by atoms with Crippen molar-refractivity contribution >= 4 is 21.5 Å². The lowest BCUT2D eigenvalue weighted by Crippen LogP contribution is -1.93. The molecule has 5 aromatic rings.